The first kappa shape index (κ1) is 10.1. The maximum Gasteiger partial charge on any atom is 0.329 e. The van der Waals surface area contributed by atoms with Crippen LogP contribution in [0.3, 0.4) is 0 Å². The number of aromatic nitrogens is 2. The van der Waals surface area contributed by atoms with Crippen molar-refractivity contribution in [3.05, 3.63) is 31.8 Å². The van der Waals surface area contributed by atoms with Crippen LogP contribution in [0, 0.1) is 0 Å². The Morgan fingerprint density at radius 1 is 1.53 bits per heavy atom. The van der Waals surface area contributed by atoms with Gasteiger partial charge in [0, 0.05) is 11.4 Å². The van der Waals surface area contributed by atoms with Crippen molar-refractivity contribution in [2.75, 3.05) is 0 Å². The predicted molar refractivity (Wildman–Crippen MR) is 58.3 cm³/mol. The van der Waals surface area contributed by atoms with Gasteiger partial charge < -0.3 is 5.11 Å². The third kappa shape index (κ3) is 1.51. The number of H-pyrrole nitrogens is 1. The summed E-state index contributed by atoms with van der Waals surface area (Å²) in [6.07, 6.45) is 0. The van der Waals surface area contributed by atoms with E-state index in [1.165, 1.54) is 11.3 Å². The van der Waals surface area contributed by atoms with E-state index in [1.54, 1.807) is 13.0 Å². The number of rotatable bonds is 2. The van der Waals surface area contributed by atoms with Crippen LogP contribution in [-0.2, 0) is 13.2 Å². The van der Waals surface area contributed by atoms with Crippen molar-refractivity contribution in [1.29, 1.82) is 0 Å². The lowest BCUT2D eigenvalue weighted by Crippen LogP contribution is -2.33. The molecule has 0 bridgehead atoms. The highest BCUT2D eigenvalue weighted by Gasteiger charge is 2.09. The van der Waals surface area contributed by atoms with Gasteiger partial charge in [0.25, 0.3) is 5.56 Å². The lowest BCUT2D eigenvalue weighted by Gasteiger charge is -1.98. The van der Waals surface area contributed by atoms with Crippen molar-refractivity contribution in [2.24, 2.45) is 0 Å². The average molecular weight is 226 g/mol. The molecule has 6 heteroatoms. The van der Waals surface area contributed by atoms with Gasteiger partial charge in [-0.3, -0.25) is 14.3 Å². The third-order valence-electron chi connectivity index (χ3n) is 2.20. The minimum Gasteiger partial charge on any atom is -0.391 e. The van der Waals surface area contributed by atoms with Gasteiger partial charge in [0.15, 0.2) is 0 Å². The molecule has 2 aromatic heterocycles. The highest BCUT2D eigenvalue weighted by atomic mass is 32.1. The zero-order valence-electron chi connectivity index (χ0n) is 8.11. The van der Waals surface area contributed by atoms with Crippen molar-refractivity contribution in [1.82, 2.24) is 9.55 Å². The molecule has 80 valence electrons. The van der Waals surface area contributed by atoms with Gasteiger partial charge in [-0.05, 0) is 13.0 Å². The van der Waals surface area contributed by atoms with Crippen LogP contribution in [0.15, 0.2) is 15.7 Å². The van der Waals surface area contributed by atoms with E-state index >= 15 is 0 Å². The molecule has 0 saturated heterocycles. The second-order valence-electron chi connectivity index (χ2n) is 3.09. The summed E-state index contributed by atoms with van der Waals surface area (Å²) in [7, 11) is 0. The number of fused-ring (bicyclic) bond motifs is 1. The molecule has 2 heterocycles. The van der Waals surface area contributed by atoms with Gasteiger partial charge in [-0.2, -0.15) is 0 Å². The molecule has 0 fully saturated rings. The molecule has 15 heavy (non-hydrogen) atoms. The lowest BCUT2D eigenvalue weighted by atomic mass is 10.3. The van der Waals surface area contributed by atoms with E-state index in [2.05, 4.69) is 4.98 Å². The number of aliphatic hydroxyl groups is 1. The molecule has 0 saturated carbocycles. The van der Waals surface area contributed by atoms with Crippen LogP contribution in [0.2, 0.25) is 0 Å². The summed E-state index contributed by atoms with van der Waals surface area (Å²) in [5.41, 5.74) is -0.700. The van der Waals surface area contributed by atoms with Crippen molar-refractivity contribution in [2.45, 2.75) is 20.1 Å². The molecule has 0 spiro atoms. The van der Waals surface area contributed by atoms with Crippen molar-refractivity contribution in [3.63, 3.8) is 0 Å². The smallest absolute Gasteiger partial charge is 0.329 e. The second-order valence-corrected chi connectivity index (χ2v) is 4.23. The molecule has 0 aliphatic heterocycles. The van der Waals surface area contributed by atoms with Gasteiger partial charge in [-0.25, -0.2) is 4.79 Å². The fraction of sp³-hybridized carbons (Fsp3) is 0.333. The van der Waals surface area contributed by atoms with Crippen LogP contribution < -0.4 is 11.2 Å². The first-order valence-corrected chi connectivity index (χ1v) is 5.35. The Kier molecular flexibility index (Phi) is 2.45. The Balaban J connectivity index is 2.89. The van der Waals surface area contributed by atoms with Gasteiger partial charge >= 0.3 is 5.69 Å². The van der Waals surface area contributed by atoms with E-state index in [9.17, 15) is 9.59 Å². The Morgan fingerprint density at radius 2 is 2.27 bits per heavy atom. The lowest BCUT2D eigenvalue weighted by molar-refractivity contribution is 0.285. The summed E-state index contributed by atoms with van der Waals surface area (Å²) in [5.74, 6) is 0. The maximum absolute atomic E-state index is 11.8. The van der Waals surface area contributed by atoms with E-state index in [0.717, 1.165) is 4.57 Å². The molecule has 0 aliphatic carbocycles. The van der Waals surface area contributed by atoms with Gasteiger partial charge in [0.2, 0.25) is 0 Å². The van der Waals surface area contributed by atoms with Crippen LogP contribution in [0.1, 0.15) is 11.8 Å². The molecular formula is C9H10N2O3S. The normalized spacial score (nSPS) is 11.1. The van der Waals surface area contributed by atoms with Crippen LogP contribution >= 0.6 is 11.3 Å². The summed E-state index contributed by atoms with van der Waals surface area (Å²) in [6, 6.07) is 1.62. The number of hydrogen-bond donors (Lipinski definition) is 2. The molecule has 0 aromatic carbocycles. The first-order valence-electron chi connectivity index (χ1n) is 4.53. The van der Waals surface area contributed by atoms with E-state index in [1.807, 2.05) is 0 Å². The van der Waals surface area contributed by atoms with Crippen LogP contribution in [0.4, 0.5) is 0 Å². The van der Waals surface area contributed by atoms with Crippen LogP contribution in [-0.4, -0.2) is 14.7 Å². The largest absolute Gasteiger partial charge is 0.391 e. The van der Waals surface area contributed by atoms with E-state index < -0.39 is 5.69 Å². The monoisotopic (exact) mass is 226 g/mol. The number of nitrogens with one attached hydrogen (secondary N) is 1. The van der Waals surface area contributed by atoms with Gasteiger partial charge in [0.1, 0.15) is 4.83 Å². The van der Waals surface area contributed by atoms with Gasteiger partial charge in [-0.1, -0.05) is 0 Å². The topological polar surface area (TPSA) is 75.1 Å². The van der Waals surface area contributed by atoms with Crippen LogP contribution in [0.25, 0.3) is 10.2 Å². The zero-order chi connectivity index (χ0) is 11.0. The summed E-state index contributed by atoms with van der Waals surface area (Å²) < 4.78 is 1.14. The molecule has 0 unspecified atom stereocenters. The standard InChI is InChI=1S/C9H10N2O3S/c1-2-11-8(13)6-3-5(4-12)15-7(6)10-9(11)14/h3,12H,2,4H2,1H3,(H,10,14). The van der Waals surface area contributed by atoms with E-state index in [-0.39, 0.29) is 12.2 Å². The Morgan fingerprint density at radius 3 is 2.87 bits per heavy atom. The fourth-order valence-corrected chi connectivity index (χ4v) is 2.36. The van der Waals surface area contributed by atoms with Crippen molar-refractivity contribution < 1.29 is 5.11 Å². The van der Waals surface area contributed by atoms with Crippen molar-refractivity contribution >= 4 is 21.6 Å². The molecule has 0 atom stereocenters. The Hall–Kier alpha value is -1.40. The molecule has 0 radical (unpaired) electrons. The van der Waals surface area contributed by atoms with Crippen LogP contribution in [0.5, 0.6) is 0 Å². The number of nitrogens with zero attached hydrogens (tertiary/aromatic N) is 1. The first-order chi connectivity index (χ1) is 7.17. The molecule has 2 aromatic rings. The van der Waals surface area contributed by atoms with Crippen molar-refractivity contribution in [3.8, 4) is 0 Å². The van der Waals surface area contributed by atoms with E-state index in [4.69, 9.17) is 5.11 Å². The number of hydrogen-bond acceptors (Lipinski definition) is 4. The Labute approximate surface area is 88.6 Å². The Bertz CT molecular complexity index is 608. The molecule has 0 aliphatic rings. The number of aliphatic hydroxyl groups excluding tert-OH is 1. The minimum absolute atomic E-state index is 0.118. The van der Waals surface area contributed by atoms with Gasteiger partial charge in [0.05, 0.1) is 12.0 Å². The fourth-order valence-electron chi connectivity index (χ4n) is 1.46. The van der Waals surface area contributed by atoms with E-state index in [0.29, 0.717) is 21.6 Å². The highest BCUT2D eigenvalue weighted by molar-refractivity contribution is 7.18. The molecule has 5 nitrogen and oxygen atoms in total. The summed E-state index contributed by atoms with van der Waals surface area (Å²) in [6.45, 7) is 1.96. The third-order valence-corrected chi connectivity index (χ3v) is 3.23. The minimum atomic E-state index is -0.402. The van der Waals surface area contributed by atoms with Gasteiger partial charge in [-0.15, -0.1) is 11.3 Å². The number of thiophene rings is 1. The molecule has 2 N–H and O–H groups in total. The molecular weight excluding hydrogens is 216 g/mol. The zero-order valence-corrected chi connectivity index (χ0v) is 8.93. The predicted octanol–water partition coefficient (Wildman–Crippen LogP) is 0.263. The quantitative estimate of drug-likeness (QED) is 0.771. The molecule has 0 amide bonds. The summed E-state index contributed by atoms with van der Waals surface area (Å²) >= 11 is 1.23. The number of aromatic amines is 1. The molecule has 2 rings (SSSR count). The second kappa shape index (κ2) is 3.63. The maximum atomic E-state index is 11.8. The summed E-state index contributed by atoms with van der Waals surface area (Å²) in [5, 5.41) is 9.40. The highest BCUT2D eigenvalue weighted by Crippen LogP contribution is 2.19. The summed E-state index contributed by atoms with van der Waals surface area (Å²) in [4.78, 5) is 27.0. The SMILES string of the molecule is CCn1c(=O)[nH]c2sc(CO)cc2c1=O. The average Bonchev–Trinajstić information content (AvgIpc) is 2.61.